The maximum atomic E-state index is 12.3. The molecule has 8 heteroatoms. The van der Waals surface area contributed by atoms with E-state index in [0.717, 1.165) is 48.3 Å². The van der Waals surface area contributed by atoms with Crippen LogP contribution in [0.3, 0.4) is 0 Å². The minimum absolute atomic E-state index is 0.176. The largest absolute Gasteiger partial charge is 0.272 e. The van der Waals surface area contributed by atoms with E-state index in [2.05, 4.69) is 45.8 Å². The van der Waals surface area contributed by atoms with E-state index in [1.807, 2.05) is 89.6 Å². The quantitative estimate of drug-likeness (QED) is 0.126. The van der Waals surface area contributed by atoms with Gasteiger partial charge >= 0.3 is 0 Å². The first kappa shape index (κ1) is 24.8. The SMILES string of the molecule is O=C(CSc1nc2ccccc2s1)NN=Cc1ccc(-n2nc(-c3ccccc3)cc2-c2ccccc2)cc1. The first-order valence-electron chi connectivity index (χ1n) is 12.3. The summed E-state index contributed by atoms with van der Waals surface area (Å²) in [6.07, 6.45) is 1.64. The zero-order valence-corrected chi connectivity index (χ0v) is 22.4. The molecule has 2 aromatic heterocycles. The van der Waals surface area contributed by atoms with Crippen LogP contribution in [0.1, 0.15) is 5.56 Å². The summed E-state index contributed by atoms with van der Waals surface area (Å²) in [6, 6.07) is 38.4. The van der Waals surface area contributed by atoms with Gasteiger partial charge in [-0.25, -0.2) is 15.1 Å². The Hall–Kier alpha value is -4.53. The van der Waals surface area contributed by atoms with E-state index in [0.29, 0.717) is 0 Å². The van der Waals surface area contributed by atoms with Gasteiger partial charge in [-0.2, -0.15) is 10.2 Å². The highest BCUT2D eigenvalue weighted by Gasteiger charge is 2.13. The number of hydrogen-bond donors (Lipinski definition) is 1. The Morgan fingerprint density at radius 1 is 0.872 bits per heavy atom. The Kier molecular flexibility index (Phi) is 7.29. The van der Waals surface area contributed by atoms with Crippen molar-refractivity contribution in [2.24, 2.45) is 5.10 Å². The minimum atomic E-state index is -0.176. The molecule has 4 aromatic carbocycles. The Balaban J connectivity index is 1.13. The molecular weight excluding hydrogens is 523 g/mol. The van der Waals surface area contributed by atoms with Crippen molar-refractivity contribution in [1.82, 2.24) is 20.2 Å². The highest BCUT2D eigenvalue weighted by atomic mass is 32.2. The molecule has 0 spiro atoms. The third-order valence-corrected chi connectivity index (χ3v) is 8.17. The van der Waals surface area contributed by atoms with Gasteiger partial charge in [0.2, 0.25) is 0 Å². The van der Waals surface area contributed by atoms with Crippen LogP contribution in [0.5, 0.6) is 0 Å². The zero-order valence-electron chi connectivity index (χ0n) is 20.8. The van der Waals surface area contributed by atoms with Gasteiger partial charge < -0.3 is 0 Å². The molecule has 0 saturated carbocycles. The van der Waals surface area contributed by atoms with Gasteiger partial charge in [-0.3, -0.25) is 4.79 Å². The van der Waals surface area contributed by atoms with Crippen molar-refractivity contribution in [3.8, 4) is 28.2 Å². The van der Waals surface area contributed by atoms with E-state index in [4.69, 9.17) is 5.10 Å². The van der Waals surface area contributed by atoms with Crippen LogP contribution in [0.25, 0.3) is 38.4 Å². The van der Waals surface area contributed by atoms with Gasteiger partial charge in [-0.05, 0) is 35.9 Å². The van der Waals surface area contributed by atoms with Gasteiger partial charge in [0.15, 0.2) is 4.34 Å². The summed E-state index contributed by atoms with van der Waals surface area (Å²) in [5.41, 5.74) is 9.43. The van der Waals surface area contributed by atoms with Crippen molar-refractivity contribution in [3.05, 3.63) is 121 Å². The number of fused-ring (bicyclic) bond motifs is 1. The lowest BCUT2D eigenvalue weighted by atomic mass is 10.1. The van der Waals surface area contributed by atoms with E-state index < -0.39 is 0 Å². The number of carbonyl (C=O) groups excluding carboxylic acids is 1. The number of hydrogen-bond acceptors (Lipinski definition) is 6. The molecule has 0 bridgehead atoms. The Morgan fingerprint density at radius 3 is 2.31 bits per heavy atom. The summed E-state index contributed by atoms with van der Waals surface area (Å²) >= 11 is 3.00. The molecule has 0 aliphatic carbocycles. The van der Waals surface area contributed by atoms with E-state index >= 15 is 0 Å². The lowest BCUT2D eigenvalue weighted by Crippen LogP contribution is -2.19. The fraction of sp³-hybridized carbons (Fsp3) is 0.0323. The van der Waals surface area contributed by atoms with Crippen molar-refractivity contribution >= 4 is 45.4 Å². The van der Waals surface area contributed by atoms with E-state index in [1.54, 1.807) is 17.6 Å². The zero-order chi connectivity index (χ0) is 26.4. The average molecular weight is 546 g/mol. The number of benzene rings is 4. The van der Waals surface area contributed by atoms with Crippen LogP contribution < -0.4 is 5.43 Å². The number of hydrazone groups is 1. The molecule has 6 nitrogen and oxygen atoms in total. The fourth-order valence-corrected chi connectivity index (χ4v) is 5.96. The fourth-order valence-electron chi connectivity index (χ4n) is 4.10. The number of aromatic nitrogens is 3. The molecule has 1 N–H and O–H groups in total. The van der Waals surface area contributed by atoms with Gasteiger partial charge in [-0.15, -0.1) is 11.3 Å². The van der Waals surface area contributed by atoms with Crippen LogP contribution in [-0.4, -0.2) is 32.6 Å². The molecular formula is C31H23N5OS2. The van der Waals surface area contributed by atoms with Crippen molar-refractivity contribution < 1.29 is 4.79 Å². The monoisotopic (exact) mass is 545 g/mol. The summed E-state index contributed by atoms with van der Waals surface area (Å²) in [4.78, 5) is 16.8. The Labute approximate surface area is 234 Å². The third kappa shape index (κ3) is 5.82. The summed E-state index contributed by atoms with van der Waals surface area (Å²) in [6.45, 7) is 0. The van der Waals surface area contributed by atoms with Gasteiger partial charge in [0.05, 0.1) is 39.3 Å². The van der Waals surface area contributed by atoms with E-state index in [1.165, 1.54) is 11.8 Å². The number of carbonyl (C=O) groups is 1. The number of amides is 1. The lowest BCUT2D eigenvalue weighted by molar-refractivity contribution is -0.118. The van der Waals surface area contributed by atoms with Crippen molar-refractivity contribution in [2.75, 3.05) is 5.75 Å². The molecule has 6 rings (SSSR count). The molecule has 2 heterocycles. The summed E-state index contributed by atoms with van der Waals surface area (Å²) < 4.78 is 3.94. The standard InChI is InChI=1S/C31H23N5OS2/c37-30(21-38-31-33-26-13-7-8-14-29(26)39-31)34-32-20-22-15-17-25(18-16-22)36-28(24-11-5-2-6-12-24)19-27(35-36)23-9-3-1-4-10-23/h1-20H,21H2,(H,34,37). The van der Waals surface area contributed by atoms with Crippen LogP contribution in [-0.2, 0) is 4.79 Å². The van der Waals surface area contributed by atoms with Gasteiger partial charge in [0.1, 0.15) is 0 Å². The Morgan fingerprint density at radius 2 is 1.56 bits per heavy atom. The van der Waals surface area contributed by atoms with Gasteiger partial charge in [-0.1, -0.05) is 96.7 Å². The summed E-state index contributed by atoms with van der Waals surface area (Å²) in [5.74, 6) is 0.0751. The molecule has 0 aliphatic heterocycles. The lowest BCUT2D eigenvalue weighted by Gasteiger charge is -2.08. The van der Waals surface area contributed by atoms with Crippen molar-refractivity contribution in [2.45, 2.75) is 4.34 Å². The smallest absolute Gasteiger partial charge is 0.250 e. The molecule has 0 aliphatic rings. The number of para-hydroxylation sites is 1. The predicted molar refractivity (Wildman–Crippen MR) is 161 cm³/mol. The summed E-state index contributed by atoms with van der Waals surface area (Å²) in [7, 11) is 0. The molecule has 1 amide bonds. The second-order valence-electron chi connectivity index (χ2n) is 8.68. The van der Waals surface area contributed by atoms with Crippen LogP contribution in [0.4, 0.5) is 0 Å². The van der Waals surface area contributed by atoms with Crippen LogP contribution in [0, 0.1) is 0 Å². The molecule has 0 atom stereocenters. The molecule has 39 heavy (non-hydrogen) atoms. The molecule has 6 aromatic rings. The normalized spacial score (nSPS) is 11.3. The van der Waals surface area contributed by atoms with Crippen molar-refractivity contribution in [3.63, 3.8) is 0 Å². The van der Waals surface area contributed by atoms with Crippen LogP contribution in [0.15, 0.2) is 125 Å². The Bertz CT molecular complexity index is 1710. The number of nitrogens with one attached hydrogen (secondary N) is 1. The van der Waals surface area contributed by atoms with E-state index in [-0.39, 0.29) is 11.7 Å². The third-order valence-electron chi connectivity index (χ3n) is 5.99. The molecule has 0 unspecified atom stereocenters. The average Bonchev–Trinajstić information content (AvgIpc) is 3.62. The topological polar surface area (TPSA) is 72.2 Å². The number of rotatable bonds is 8. The second kappa shape index (κ2) is 11.5. The highest BCUT2D eigenvalue weighted by molar-refractivity contribution is 8.01. The van der Waals surface area contributed by atoms with Crippen LogP contribution in [0.2, 0.25) is 0 Å². The highest BCUT2D eigenvalue weighted by Crippen LogP contribution is 2.30. The maximum absolute atomic E-state index is 12.3. The van der Waals surface area contributed by atoms with Gasteiger partial charge in [0, 0.05) is 11.1 Å². The second-order valence-corrected chi connectivity index (χ2v) is 10.9. The molecule has 0 radical (unpaired) electrons. The number of thioether (sulfide) groups is 1. The van der Waals surface area contributed by atoms with Crippen molar-refractivity contribution in [1.29, 1.82) is 0 Å². The molecule has 0 fully saturated rings. The number of nitrogens with zero attached hydrogens (tertiary/aromatic N) is 4. The first-order chi connectivity index (χ1) is 19.2. The minimum Gasteiger partial charge on any atom is -0.272 e. The molecule has 190 valence electrons. The first-order valence-corrected chi connectivity index (χ1v) is 14.1. The van der Waals surface area contributed by atoms with Crippen LogP contribution >= 0.6 is 23.1 Å². The summed E-state index contributed by atoms with van der Waals surface area (Å²) in [5, 5.41) is 9.05. The van der Waals surface area contributed by atoms with E-state index in [9.17, 15) is 4.79 Å². The maximum Gasteiger partial charge on any atom is 0.250 e. The number of thiazole rings is 1. The predicted octanol–water partition coefficient (Wildman–Crippen LogP) is 7.06. The molecule has 0 saturated heterocycles. The van der Waals surface area contributed by atoms with Gasteiger partial charge in [0.25, 0.3) is 5.91 Å².